The zero-order valence-electron chi connectivity index (χ0n) is 10.3. The van der Waals surface area contributed by atoms with Crippen LogP contribution in [-0.4, -0.2) is 34.2 Å². The number of nitrogens with one attached hydrogen (secondary N) is 2. The van der Waals surface area contributed by atoms with Gasteiger partial charge in [-0.05, 0) is 30.7 Å². The van der Waals surface area contributed by atoms with Crippen LogP contribution in [-0.2, 0) is 14.8 Å². The Bertz CT molecular complexity index is 479. The van der Waals surface area contributed by atoms with Crippen LogP contribution in [0.3, 0.4) is 0 Å². The van der Waals surface area contributed by atoms with Gasteiger partial charge in [0.1, 0.15) is 0 Å². The summed E-state index contributed by atoms with van der Waals surface area (Å²) in [7, 11) is -3.36. The molecule has 6 heteroatoms. The summed E-state index contributed by atoms with van der Waals surface area (Å²) in [6, 6.07) is 7.10. The quantitative estimate of drug-likeness (QED) is 0.843. The van der Waals surface area contributed by atoms with Crippen molar-refractivity contribution >= 4 is 15.7 Å². The first-order valence-electron chi connectivity index (χ1n) is 6.06. The maximum Gasteiger partial charge on any atom is 0.240 e. The summed E-state index contributed by atoms with van der Waals surface area (Å²) >= 11 is 0. The molecule has 0 amide bonds. The third-order valence-corrected chi connectivity index (χ3v) is 4.36. The van der Waals surface area contributed by atoms with Gasteiger partial charge in [0.15, 0.2) is 0 Å². The number of rotatable bonds is 5. The molecule has 100 valence electrons. The SMILES string of the molecule is CCNS(=O)(=O)c1ccc(NC2CCOC2)cc1. The number of hydrogen-bond acceptors (Lipinski definition) is 4. The lowest BCUT2D eigenvalue weighted by Gasteiger charge is -2.12. The highest BCUT2D eigenvalue weighted by atomic mass is 32.2. The fraction of sp³-hybridized carbons (Fsp3) is 0.500. The van der Waals surface area contributed by atoms with Gasteiger partial charge in [-0.25, -0.2) is 13.1 Å². The fourth-order valence-electron chi connectivity index (χ4n) is 1.89. The zero-order chi connectivity index (χ0) is 13.0. The Morgan fingerprint density at radius 2 is 2.06 bits per heavy atom. The molecule has 1 saturated heterocycles. The Morgan fingerprint density at radius 3 is 2.61 bits per heavy atom. The van der Waals surface area contributed by atoms with Gasteiger partial charge in [0.05, 0.1) is 17.5 Å². The summed E-state index contributed by atoms with van der Waals surface area (Å²) in [5.41, 5.74) is 0.918. The van der Waals surface area contributed by atoms with Crippen LogP contribution in [0.2, 0.25) is 0 Å². The average Bonchev–Trinajstić information content (AvgIpc) is 2.82. The molecule has 1 unspecified atom stereocenters. The van der Waals surface area contributed by atoms with Crippen molar-refractivity contribution in [1.82, 2.24) is 4.72 Å². The number of hydrogen-bond donors (Lipinski definition) is 2. The summed E-state index contributed by atoms with van der Waals surface area (Å²) in [5, 5.41) is 3.31. The van der Waals surface area contributed by atoms with Crippen LogP contribution in [0.1, 0.15) is 13.3 Å². The molecule has 0 aliphatic carbocycles. The van der Waals surface area contributed by atoms with Crippen LogP contribution in [0.15, 0.2) is 29.2 Å². The van der Waals surface area contributed by atoms with Gasteiger partial charge in [0, 0.05) is 18.8 Å². The van der Waals surface area contributed by atoms with Gasteiger partial charge in [-0.1, -0.05) is 6.92 Å². The zero-order valence-corrected chi connectivity index (χ0v) is 11.2. The van der Waals surface area contributed by atoms with Crippen molar-refractivity contribution < 1.29 is 13.2 Å². The lowest BCUT2D eigenvalue weighted by Crippen LogP contribution is -2.23. The highest BCUT2D eigenvalue weighted by molar-refractivity contribution is 7.89. The van der Waals surface area contributed by atoms with Gasteiger partial charge < -0.3 is 10.1 Å². The molecular formula is C12H18N2O3S. The van der Waals surface area contributed by atoms with Crippen LogP contribution in [0.25, 0.3) is 0 Å². The van der Waals surface area contributed by atoms with Crippen molar-refractivity contribution in [3.05, 3.63) is 24.3 Å². The molecule has 1 fully saturated rings. The van der Waals surface area contributed by atoms with E-state index < -0.39 is 10.0 Å². The molecule has 1 aliphatic rings. The molecule has 5 nitrogen and oxygen atoms in total. The molecule has 1 atom stereocenters. The van der Waals surface area contributed by atoms with E-state index >= 15 is 0 Å². The van der Waals surface area contributed by atoms with Crippen molar-refractivity contribution in [2.45, 2.75) is 24.3 Å². The predicted molar refractivity (Wildman–Crippen MR) is 70.2 cm³/mol. The van der Waals surface area contributed by atoms with Crippen LogP contribution >= 0.6 is 0 Å². The van der Waals surface area contributed by atoms with Gasteiger partial charge in [-0.3, -0.25) is 0 Å². The minimum Gasteiger partial charge on any atom is -0.380 e. The van der Waals surface area contributed by atoms with Gasteiger partial charge in [-0.15, -0.1) is 0 Å². The van der Waals surface area contributed by atoms with E-state index in [9.17, 15) is 8.42 Å². The molecule has 1 aromatic carbocycles. The second-order valence-corrected chi connectivity index (χ2v) is 6.00. The van der Waals surface area contributed by atoms with Crippen molar-refractivity contribution in [3.63, 3.8) is 0 Å². The molecule has 1 heterocycles. The molecule has 0 saturated carbocycles. The van der Waals surface area contributed by atoms with Gasteiger partial charge in [0.25, 0.3) is 0 Å². The lowest BCUT2D eigenvalue weighted by molar-refractivity contribution is 0.195. The minimum absolute atomic E-state index is 0.289. The van der Waals surface area contributed by atoms with E-state index in [4.69, 9.17) is 4.74 Å². The monoisotopic (exact) mass is 270 g/mol. The van der Waals surface area contributed by atoms with Crippen LogP contribution in [0.5, 0.6) is 0 Å². The lowest BCUT2D eigenvalue weighted by atomic mass is 10.2. The first-order chi connectivity index (χ1) is 8.62. The van der Waals surface area contributed by atoms with E-state index in [0.717, 1.165) is 18.7 Å². The normalized spacial score (nSPS) is 19.9. The second-order valence-electron chi connectivity index (χ2n) is 4.23. The van der Waals surface area contributed by atoms with E-state index in [2.05, 4.69) is 10.0 Å². The average molecular weight is 270 g/mol. The number of ether oxygens (including phenoxy) is 1. The van der Waals surface area contributed by atoms with E-state index in [1.54, 1.807) is 31.2 Å². The molecule has 2 N–H and O–H groups in total. The van der Waals surface area contributed by atoms with Gasteiger partial charge in [0.2, 0.25) is 10.0 Å². The summed E-state index contributed by atoms with van der Waals surface area (Å²) in [6.45, 7) is 3.64. The number of sulfonamides is 1. The van der Waals surface area contributed by atoms with Crippen molar-refractivity contribution in [2.24, 2.45) is 0 Å². The largest absolute Gasteiger partial charge is 0.380 e. The standard InChI is InChI=1S/C12H18N2O3S/c1-2-13-18(15,16)12-5-3-10(4-6-12)14-11-7-8-17-9-11/h3-6,11,13-14H,2,7-9H2,1H3. The predicted octanol–water partition coefficient (Wildman–Crippen LogP) is 1.19. The highest BCUT2D eigenvalue weighted by Crippen LogP contribution is 2.17. The molecule has 1 aliphatic heterocycles. The summed E-state index contributed by atoms with van der Waals surface area (Å²) in [4.78, 5) is 0.289. The van der Waals surface area contributed by atoms with Gasteiger partial charge in [-0.2, -0.15) is 0 Å². The van der Waals surface area contributed by atoms with Crippen molar-refractivity contribution in [2.75, 3.05) is 25.1 Å². The van der Waals surface area contributed by atoms with E-state index in [1.165, 1.54) is 0 Å². The molecule has 0 aromatic heterocycles. The van der Waals surface area contributed by atoms with E-state index in [0.29, 0.717) is 19.2 Å². The maximum absolute atomic E-state index is 11.7. The summed E-state index contributed by atoms with van der Waals surface area (Å²) in [5.74, 6) is 0. The Kier molecular flexibility index (Phi) is 4.21. The summed E-state index contributed by atoms with van der Waals surface area (Å²) in [6.07, 6.45) is 0.984. The maximum atomic E-state index is 11.7. The van der Waals surface area contributed by atoms with Gasteiger partial charge >= 0.3 is 0 Å². The molecular weight excluding hydrogens is 252 g/mol. The van der Waals surface area contributed by atoms with E-state index in [-0.39, 0.29) is 4.90 Å². The first kappa shape index (κ1) is 13.3. The second kappa shape index (κ2) is 5.69. The van der Waals surface area contributed by atoms with Crippen LogP contribution in [0.4, 0.5) is 5.69 Å². The molecule has 0 spiro atoms. The highest BCUT2D eigenvalue weighted by Gasteiger charge is 2.16. The minimum atomic E-state index is -3.36. The molecule has 0 radical (unpaired) electrons. The number of anilines is 1. The van der Waals surface area contributed by atoms with Crippen LogP contribution in [0, 0.1) is 0 Å². The molecule has 1 aromatic rings. The Hall–Kier alpha value is -1.11. The topological polar surface area (TPSA) is 67.4 Å². The van der Waals surface area contributed by atoms with Crippen molar-refractivity contribution in [1.29, 1.82) is 0 Å². The number of benzene rings is 1. The van der Waals surface area contributed by atoms with Crippen molar-refractivity contribution in [3.8, 4) is 0 Å². The molecule has 2 rings (SSSR count). The third-order valence-electron chi connectivity index (χ3n) is 2.80. The first-order valence-corrected chi connectivity index (χ1v) is 7.54. The fourth-order valence-corrected chi connectivity index (χ4v) is 2.93. The molecule has 18 heavy (non-hydrogen) atoms. The van der Waals surface area contributed by atoms with Crippen LogP contribution < -0.4 is 10.0 Å². The smallest absolute Gasteiger partial charge is 0.240 e. The van der Waals surface area contributed by atoms with E-state index in [1.807, 2.05) is 0 Å². The molecule has 0 bridgehead atoms. The third kappa shape index (κ3) is 3.22. The Morgan fingerprint density at radius 1 is 1.33 bits per heavy atom. The summed E-state index contributed by atoms with van der Waals surface area (Å²) < 4.78 is 31.2. The Balaban J connectivity index is 2.05. The Labute approximate surface area is 108 Å².